The summed E-state index contributed by atoms with van der Waals surface area (Å²) in [5, 5.41) is 0. The molecule has 1 aromatic carbocycles. The highest BCUT2D eigenvalue weighted by Crippen LogP contribution is 2.41. The number of amides is 1. The molecule has 1 amide bonds. The van der Waals surface area contributed by atoms with Gasteiger partial charge in [-0.1, -0.05) is 6.07 Å². The lowest BCUT2D eigenvalue weighted by molar-refractivity contribution is -0.137. The van der Waals surface area contributed by atoms with Gasteiger partial charge in [-0.15, -0.1) is 0 Å². The van der Waals surface area contributed by atoms with Crippen molar-refractivity contribution < 1.29 is 29.8 Å². The topological polar surface area (TPSA) is 68.2 Å². The number of rotatable bonds is 4. The van der Waals surface area contributed by atoms with Gasteiger partial charge in [0.2, 0.25) is 5.88 Å². The normalized spacial score (nSPS) is 24.4. The van der Waals surface area contributed by atoms with Crippen molar-refractivity contribution in [3.05, 3.63) is 71.9 Å². The number of hydrogen-bond acceptors (Lipinski definition) is 5. The third-order valence-electron chi connectivity index (χ3n) is 5.71. The minimum atomic E-state index is -4.54. The Hall–Kier alpha value is -3.56. The van der Waals surface area contributed by atoms with Crippen molar-refractivity contribution in [3.8, 4) is 17.3 Å². The van der Waals surface area contributed by atoms with Crippen LogP contribution in [0.15, 0.2) is 55.0 Å². The maximum Gasteiger partial charge on any atom is 0.417 e. The van der Waals surface area contributed by atoms with E-state index >= 15 is 0 Å². The molecular formula is C23H18F4N4O2. The van der Waals surface area contributed by atoms with Crippen molar-refractivity contribution in [3.63, 3.8) is 0 Å². The first-order valence-corrected chi connectivity index (χ1v) is 10.2. The van der Waals surface area contributed by atoms with E-state index in [0.717, 1.165) is 23.1 Å². The minimum absolute atomic E-state index is 0.0133. The van der Waals surface area contributed by atoms with Gasteiger partial charge in [-0.2, -0.15) is 13.2 Å². The molecule has 3 aromatic rings. The molecule has 2 fully saturated rings. The Morgan fingerprint density at radius 3 is 2.55 bits per heavy atom. The van der Waals surface area contributed by atoms with Crippen molar-refractivity contribution >= 4 is 5.91 Å². The SMILES string of the molecule is [2H]C1([2H])[C@H]2C[C@@H](Oc3ccc(C(F)(F)F)cn3)[C@H](C2)N1C(=O)c1cccc(F)c1-c1ncccn1. The van der Waals surface area contributed by atoms with E-state index in [1.165, 1.54) is 24.5 Å². The molecule has 2 aliphatic rings. The summed E-state index contributed by atoms with van der Waals surface area (Å²) in [6.45, 7) is -2.03. The Balaban J connectivity index is 1.45. The van der Waals surface area contributed by atoms with Gasteiger partial charge < -0.3 is 9.64 Å². The van der Waals surface area contributed by atoms with Crippen LogP contribution in [0.2, 0.25) is 0 Å². The Labute approximate surface area is 189 Å². The van der Waals surface area contributed by atoms with E-state index < -0.39 is 48.0 Å². The van der Waals surface area contributed by atoms with Crippen molar-refractivity contribution in [2.75, 3.05) is 6.50 Å². The molecule has 3 heterocycles. The average Bonchev–Trinajstić information content (AvgIpc) is 3.33. The standard InChI is InChI=1S/C23H18F4N4O2/c24-16-4-1-3-15(20(16)21-28-7-2-8-29-21)22(32)31-12-13-9-17(31)18(10-13)33-19-6-5-14(11-30-19)23(25,26)27/h1-8,11,13,17-18H,9-10,12H2/t13-,17+,18-/m1/s1/i12D2. The van der Waals surface area contributed by atoms with Gasteiger partial charge in [0, 0.05) is 33.9 Å². The second kappa shape index (κ2) is 8.09. The number of carbonyl (C=O) groups is 1. The Morgan fingerprint density at radius 1 is 1.09 bits per heavy atom. The van der Waals surface area contributed by atoms with E-state index in [2.05, 4.69) is 15.0 Å². The molecule has 1 aliphatic carbocycles. The maximum atomic E-state index is 14.8. The van der Waals surface area contributed by atoms with Crippen molar-refractivity contribution in [1.29, 1.82) is 0 Å². The number of alkyl halides is 3. The summed E-state index contributed by atoms with van der Waals surface area (Å²) in [5.74, 6) is -2.12. The summed E-state index contributed by atoms with van der Waals surface area (Å²) < 4.78 is 76.1. The number of piperidine rings is 1. The van der Waals surface area contributed by atoms with Gasteiger partial charge in [0.05, 0.1) is 22.7 Å². The molecule has 33 heavy (non-hydrogen) atoms. The zero-order valence-corrected chi connectivity index (χ0v) is 17.0. The lowest BCUT2D eigenvalue weighted by atomic mass is 10.0. The van der Waals surface area contributed by atoms with Crippen LogP contribution in [-0.4, -0.2) is 44.4 Å². The van der Waals surface area contributed by atoms with Gasteiger partial charge in [-0.25, -0.2) is 19.3 Å². The molecule has 170 valence electrons. The zero-order valence-electron chi connectivity index (χ0n) is 19.0. The highest BCUT2D eigenvalue weighted by Gasteiger charge is 2.49. The monoisotopic (exact) mass is 460 g/mol. The molecular weight excluding hydrogens is 440 g/mol. The van der Waals surface area contributed by atoms with E-state index in [0.29, 0.717) is 6.20 Å². The van der Waals surface area contributed by atoms with E-state index in [1.807, 2.05) is 0 Å². The largest absolute Gasteiger partial charge is 0.472 e. The smallest absolute Gasteiger partial charge is 0.417 e. The zero-order chi connectivity index (χ0) is 25.0. The highest BCUT2D eigenvalue weighted by atomic mass is 19.4. The fourth-order valence-electron chi connectivity index (χ4n) is 4.24. The Bertz CT molecular complexity index is 1260. The fraction of sp³-hybridized carbons (Fsp3) is 0.304. The first-order valence-electron chi connectivity index (χ1n) is 11.2. The Kier molecular flexibility index (Phi) is 4.65. The lowest BCUT2D eigenvalue weighted by Crippen LogP contribution is -2.47. The molecule has 0 spiro atoms. The van der Waals surface area contributed by atoms with Crippen LogP contribution in [-0.2, 0) is 6.18 Å². The number of halogens is 4. The predicted octanol–water partition coefficient (Wildman–Crippen LogP) is 4.38. The molecule has 0 N–H and O–H groups in total. The second-order valence-corrected chi connectivity index (χ2v) is 7.81. The summed E-state index contributed by atoms with van der Waals surface area (Å²) in [5.41, 5.74) is -1.16. The highest BCUT2D eigenvalue weighted by molar-refractivity contribution is 6.00. The number of likely N-dealkylation sites (tertiary alicyclic amines) is 1. The number of hydrogen-bond donors (Lipinski definition) is 0. The Morgan fingerprint density at radius 2 is 1.88 bits per heavy atom. The number of aromatic nitrogens is 3. The first-order chi connectivity index (χ1) is 16.6. The molecule has 3 atom stereocenters. The number of pyridine rings is 1. The predicted molar refractivity (Wildman–Crippen MR) is 109 cm³/mol. The summed E-state index contributed by atoms with van der Waals surface area (Å²) in [4.78, 5) is 26.4. The van der Waals surface area contributed by atoms with Gasteiger partial charge in [0.1, 0.15) is 11.9 Å². The summed E-state index contributed by atoms with van der Waals surface area (Å²) >= 11 is 0. The van der Waals surface area contributed by atoms with Crippen LogP contribution in [0.1, 0.15) is 31.5 Å². The molecule has 0 radical (unpaired) electrons. The molecule has 6 nitrogen and oxygen atoms in total. The van der Waals surface area contributed by atoms with Gasteiger partial charge in [-0.3, -0.25) is 4.79 Å². The van der Waals surface area contributed by atoms with Crippen LogP contribution >= 0.6 is 0 Å². The van der Waals surface area contributed by atoms with Crippen LogP contribution < -0.4 is 4.74 Å². The van der Waals surface area contributed by atoms with Gasteiger partial charge in [0.15, 0.2) is 5.82 Å². The number of fused-ring (bicyclic) bond motifs is 2. The van der Waals surface area contributed by atoms with Crippen LogP contribution in [0.25, 0.3) is 11.4 Å². The van der Waals surface area contributed by atoms with E-state index in [9.17, 15) is 22.4 Å². The summed E-state index contributed by atoms with van der Waals surface area (Å²) in [7, 11) is 0. The fourth-order valence-corrected chi connectivity index (χ4v) is 4.24. The first kappa shape index (κ1) is 19.0. The van der Waals surface area contributed by atoms with Crippen molar-refractivity contribution in [2.45, 2.75) is 31.2 Å². The van der Waals surface area contributed by atoms with Crippen LogP contribution in [0.3, 0.4) is 0 Å². The van der Waals surface area contributed by atoms with E-state index in [4.69, 9.17) is 7.48 Å². The number of ether oxygens (including phenoxy) is 1. The molecule has 0 unspecified atom stereocenters. The van der Waals surface area contributed by atoms with Gasteiger partial charge in [0.25, 0.3) is 5.91 Å². The summed E-state index contributed by atoms with van der Waals surface area (Å²) in [6, 6.07) is 6.64. The number of nitrogens with zero attached hydrogens (tertiary/aromatic N) is 4. The van der Waals surface area contributed by atoms with Crippen LogP contribution in [0.4, 0.5) is 17.6 Å². The molecule has 1 saturated heterocycles. The van der Waals surface area contributed by atoms with Crippen molar-refractivity contribution in [1.82, 2.24) is 19.9 Å². The van der Waals surface area contributed by atoms with Crippen LogP contribution in [0.5, 0.6) is 5.88 Å². The van der Waals surface area contributed by atoms with E-state index in [1.54, 1.807) is 6.07 Å². The third-order valence-corrected chi connectivity index (χ3v) is 5.71. The van der Waals surface area contributed by atoms with E-state index in [-0.39, 0.29) is 35.7 Å². The second-order valence-electron chi connectivity index (χ2n) is 7.81. The molecule has 1 aliphatic heterocycles. The van der Waals surface area contributed by atoms with Gasteiger partial charge in [-0.05, 0) is 43.0 Å². The number of carbonyl (C=O) groups excluding carboxylic acids is 1. The molecule has 2 aromatic heterocycles. The molecule has 5 rings (SSSR count). The maximum absolute atomic E-state index is 14.8. The van der Waals surface area contributed by atoms with Gasteiger partial charge >= 0.3 is 6.18 Å². The molecule has 1 saturated carbocycles. The molecule has 2 bridgehead atoms. The average molecular weight is 460 g/mol. The van der Waals surface area contributed by atoms with Crippen molar-refractivity contribution in [2.24, 2.45) is 5.92 Å². The lowest BCUT2D eigenvalue weighted by Gasteiger charge is -2.33. The third kappa shape index (κ3) is 4.01. The quantitative estimate of drug-likeness (QED) is 0.541. The number of benzene rings is 1. The minimum Gasteiger partial charge on any atom is -0.472 e. The summed E-state index contributed by atoms with van der Waals surface area (Å²) in [6.07, 6.45) is -1.23. The van der Waals surface area contributed by atoms with Crippen LogP contribution in [0, 0.1) is 11.7 Å². The molecule has 10 heteroatoms.